The van der Waals surface area contributed by atoms with Gasteiger partial charge in [-0.2, -0.15) is 13.2 Å². The number of anilines is 2. The normalized spacial score (nSPS) is 11.9. The zero-order valence-electron chi connectivity index (χ0n) is 19.4. The summed E-state index contributed by atoms with van der Waals surface area (Å²) in [4.78, 5) is 17.3. The van der Waals surface area contributed by atoms with Crippen LogP contribution in [0.1, 0.15) is 15.9 Å². The summed E-state index contributed by atoms with van der Waals surface area (Å²) in [5, 5.41) is 5.50. The number of carbonyl (C=O) groups is 1. The van der Waals surface area contributed by atoms with Gasteiger partial charge in [-0.25, -0.2) is 13.4 Å². The van der Waals surface area contributed by atoms with E-state index in [0.29, 0.717) is 22.5 Å². The first-order valence-electron chi connectivity index (χ1n) is 11.2. The molecule has 1 heterocycles. The molecule has 1 amide bonds. The predicted octanol–water partition coefficient (Wildman–Crippen LogP) is 7.04. The van der Waals surface area contributed by atoms with Crippen LogP contribution in [0, 0.1) is 0 Å². The van der Waals surface area contributed by atoms with E-state index in [2.05, 4.69) is 15.0 Å². The van der Waals surface area contributed by atoms with Crippen LogP contribution in [-0.2, 0) is 16.2 Å². The first-order valence-corrected chi connectivity index (χ1v) is 13.5. The van der Waals surface area contributed by atoms with Crippen molar-refractivity contribution < 1.29 is 26.4 Å². The lowest BCUT2D eigenvalue weighted by atomic mass is 10.1. The molecule has 1 aromatic heterocycles. The highest BCUT2D eigenvalue weighted by Crippen LogP contribution is 2.34. The second kappa shape index (κ2) is 9.92. The zero-order chi connectivity index (χ0) is 26.9. The molecule has 0 unspecified atom stereocenters. The third-order valence-corrected chi connectivity index (χ3v) is 7.85. The maximum atomic E-state index is 13.5. The molecule has 0 aliphatic heterocycles. The van der Waals surface area contributed by atoms with Gasteiger partial charge >= 0.3 is 6.18 Å². The van der Waals surface area contributed by atoms with E-state index in [1.165, 1.54) is 12.1 Å². The molecular weight excluding hydrogens is 535 g/mol. The molecule has 0 fully saturated rings. The third kappa shape index (κ3) is 5.24. The lowest BCUT2D eigenvalue weighted by molar-refractivity contribution is -0.137. The van der Waals surface area contributed by atoms with E-state index in [1.807, 2.05) is 30.3 Å². The van der Waals surface area contributed by atoms with Crippen LogP contribution in [-0.4, -0.2) is 19.3 Å². The molecule has 0 aliphatic carbocycles. The highest BCUT2D eigenvalue weighted by molar-refractivity contribution is 7.93. The van der Waals surface area contributed by atoms with Crippen LogP contribution in [0.4, 0.5) is 24.0 Å². The minimum Gasteiger partial charge on any atom is -0.298 e. The van der Waals surface area contributed by atoms with Crippen molar-refractivity contribution in [2.24, 2.45) is 0 Å². The van der Waals surface area contributed by atoms with Crippen LogP contribution < -0.4 is 10.0 Å². The summed E-state index contributed by atoms with van der Waals surface area (Å²) in [6, 6.07) is 22.8. The number of carbonyl (C=O) groups excluding carboxylic acids is 1. The Hall–Kier alpha value is -4.22. The third-order valence-electron chi connectivity index (χ3n) is 5.67. The van der Waals surface area contributed by atoms with Gasteiger partial charge in [-0.1, -0.05) is 66.7 Å². The van der Waals surface area contributed by atoms with Crippen molar-refractivity contribution in [1.82, 2.24) is 4.98 Å². The van der Waals surface area contributed by atoms with Gasteiger partial charge in [0, 0.05) is 16.3 Å². The molecule has 0 aliphatic rings. The number of amides is 1. The minimum absolute atomic E-state index is 0.133. The van der Waals surface area contributed by atoms with Gasteiger partial charge in [0.15, 0.2) is 5.13 Å². The Balaban J connectivity index is 1.50. The summed E-state index contributed by atoms with van der Waals surface area (Å²) >= 11 is 1.13. The molecule has 2 N–H and O–H groups in total. The first-order chi connectivity index (χ1) is 18.1. The van der Waals surface area contributed by atoms with Gasteiger partial charge in [-0.3, -0.25) is 14.8 Å². The summed E-state index contributed by atoms with van der Waals surface area (Å²) in [7, 11) is -4.37. The van der Waals surface area contributed by atoms with Crippen LogP contribution in [0.3, 0.4) is 0 Å². The van der Waals surface area contributed by atoms with Gasteiger partial charge in [0.2, 0.25) is 0 Å². The summed E-state index contributed by atoms with van der Waals surface area (Å²) in [5.41, 5.74) is -0.480. The topological polar surface area (TPSA) is 88.2 Å². The Labute approximate surface area is 219 Å². The molecule has 6 nitrogen and oxygen atoms in total. The molecule has 192 valence electrons. The highest BCUT2D eigenvalue weighted by atomic mass is 32.2. The van der Waals surface area contributed by atoms with Gasteiger partial charge in [-0.15, -0.1) is 11.3 Å². The van der Waals surface area contributed by atoms with Crippen LogP contribution >= 0.6 is 11.3 Å². The van der Waals surface area contributed by atoms with Crippen molar-refractivity contribution in [3.05, 3.63) is 108 Å². The maximum absolute atomic E-state index is 13.5. The minimum atomic E-state index is -4.76. The van der Waals surface area contributed by atoms with E-state index < -0.39 is 33.4 Å². The van der Waals surface area contributed by atoms with Crippen molar-refractivity contribution in [1.29, 1.82) is 0 Å². The molecule has 0 saturated carbocycles. The summed E-state index contributed by atoms with van der Waals surface area (Å²) in [6.45, 7) is 0. The second-order valence-corrected chi connectivity index (χ2v) is 10.7. The lowest BCUT2D eigenvalue weighted by Gasteiger charge is -2.16. The molecule has 0 spiro atoms. The maximum Gasteiger partial charge on any atom is 0.416 e. The van der Waals surface area contributed by atoms with Crippen molar-refractivity contribution in [3.8, 4) is 11.3 Å². The van der Waals surface area contributed by atoms with Crippen LogP contribution in [0.5, 0.6) is 0 Å². The largest absolute Gasteiger partial charge is 0.416 e. The average Bonchev–Trinajstić information content (AvgIpc) is 3.36. The number of nitrogens with zero attached hydrogens (tertiary/aromatic N) is 1. The molecule has 0 radical (unpaired) electrons. The number of sulfonamides is 1. The van der Waals surface area contributed by atoms with Crippen molar-refractivity contribution in [2.75, 3.05) is 10.0 Å². The number of hydrogen-bond acceptors (Lipinski definition) is 5. The van der Waals surface area contributed by atoms with E-state index in [1.54, 1.807) is 35.7 Å². The Kier molecular flexibility index (Phi) is 6.64. The predicted molar refractivity (Wildman–Crippen MR) is 142 cm³/mol. The van der Waals surface area contributed by atoms with Crippen molar-refractivity contribution >= 4 is 48.9 Å². The van der Waals surface area contributed by atoms with E-state index in [4.69, 9.17) is 0 Å². The number of aromatic nitrogens is 1. The molecule has 38 heavy (non-hydrogen) atoms. The standard InChI is InChI=1S/C27H18F3N3O3S2/c28-27(29,30)19-13-14-21(25(34)32-26-31-23(16-37-26)18-8-2-1-3-9-18)22(15-19)33-38(35,36)24-12-6-10-17-7-4-5-11-20(17)24/h1-16,33H,(H,31,32,34). The number of hydrogen-bond donors (Lipinski definition) is 2. The molecule has 0 atom stereocenters. The summed E-state index contributed by atoms with van der Waals surface area (Å²) in [5.74, 6) is -0.816. The van der Waals surface area contributed by atoms with Crippen molar-refractivity contribution in [2.45, 2.75) is 11.1 Å². The van der Waals surface area contributed by atoms with Gasteiger partial charge in [0.25, 0.3) is 15.9 Å². The average molecular weight is 554 g/mol. The Bertz CT molecular complexity index is 1750. The number of thiazole rings is 1. The Morgan fingerprint density at radius 2 is 1.58 bits per heavy atom. The number of fused-ring (bicyclic) bond motifs is 1. The Morgan fingerprint density at radius 3 is 2.34 bits per heavy atom. The van der Waals surface area contributed by atoms with E-state index in [0.717, 1.165) is 29.0 Å². The molecule has 0 bridgehead atoms. The van der Waals surface area contributed by atoms with E-state index in [9.17, 15) is 26.4 Å². The molecular formula is C27H18F3N3O3S2. The van der Waals surface area contributed by atoms with Crippen LogP contribution in [0.2, 0.25) is 0 Å². The molecule has 5 rings (SSSR count). The van der Waals surface area contributed by atoms with Gasteiger partial charge in [0.1, 0.15) is 0 Å². The number of nitrogens with one attached hydrogen (secondary N) is 2. The number of alkyl halides is 3. The summed E-state index contributed by atoms with van der Waals surface area (Å²) < 4.78 is 69.3. The molecule has 4 aromatic carbocycles. The van der Waals surface area contributed by atoms with Gasteiger partial charge in [0.05, 0.1) is 27.4 Å². The smallest absolute Gasteiger partial charge is 0.298 e. The SMILES string of the molecule is O=C(Nc1nc(-c2ccccc2)cs1)c1ccc(C(F)(F)F)cc1NS(=O)(=O)c1cccc2ccccc12. The fraction of sp³-hybridized carbons (Fsp3) is 0.0370. The monoisotopic (exact) mass is 553 g/mol. The molecule has 11 heteroatoms. The van der Waals surface area contributed by atoms with Crippen molar-refractivity contribution in [3.63, 3.8) is 0 Å². The zero-order valence-corrected chi connectivity index (χ0v) is 21.0. The summed E-state index contributed by atoms with van der Waals surface area (Å²) in [6.07, 6.45) is -4.76. The number of halogens is 3. The van der Waals surface area contributed by atoms with Crippen LogP contribution in [0.25, 0.3) is 22.0 Å². The number of rotatable bonds is 6. The fourth-order valence-corrected chi connectivity index (χ4v) is 5.89. The first kappa shape index (κ1) is 25.4. The van der Waals surface area contributed by atoms with E-state index in [-0.39, 0.29) is 15.6 Å². The van der Waals surface area contributed by atoms with Gasteiger partial charge < -0.3 is 0 Å². The molecule has 5 aromatic rings. The lowest BCUT2D eigenvalue weighted by Crippen LogP contribution is -2.20. The Morgan fingerprint density at radius 1 is 0.868 bits per heavy atom. The second-order valence-electron chi connectivity index (χ2n) is 8.20. The number of benzene rings is 4. The van der Waals surface area contributed by atoms with Crippen LogP contribution in [0.15, 0.2) is 101 Å². The molecule has 0 saturated heterocycles. The van der Waals surface area contributed by atoms with Gasteiger partial charge in [-0.05, 0) is 29.7 Å². The quantitative estimate of drug-likeness (QED) is 0.236. The highest BCUT2D eigenvalue weighted by Gasteiger charge is 2.32. The fourth-order valence-electron chi connectivity index (χ4n) is 3.87. The van der Waals surface area contributed by atoms with E-state index >= 15 is 0 Å².